The van der Waals surface area contributed by atoms with Crippen molar-refractivity contribution in [2.45, 2.75) is 46.5 Å². The molecule has 2 aromatic heterocycles. The molecule has 0 N–H and O–H groups in total. The van der Waals surface area contributed by atoms with Crippen molar-refractivity contribution >= 4 is 21.4 Å². The van der Waals surface area contributed by atoms with Gasteiger partial charge in [-0.25, -0.2) is 18.4 Å². The van der Waals surface area contributed by atoms with Crippen molar-refractivity contribution in [2.24, 2.45) is 5.41 Å². The number of carbonyl (C=O) groups is 1. The second kappa shape index (κ2) is 8.90. The highest BCUT2D eigenvalue weighted by Gasteiger charge is 2.24. The molecule has 168 valence electrons. The van der Waals surface area contributed by atoms with Gasteiger partial charge in [-0.3, -0.25) is 9.78 Å². The average molecular weight is 447 g/mol. The fourth-order valence-electron chi connectivity index (χ4n) is 3.63. The van der Waals surface area contributed by atoms with Crippen molar-refractivity contribution in [3.8, 4) is 17.3 Å². The Kier molecular flexibility index (Phi) is 6.64. The summed E-state index contributed by atoms with van der Waals surface area (Å²) < 4.78 is 28.1. The number of aryl methyl sites for hydroxylation is 1. The zero-order chi connectivity index (χ0) is 22.8. The summed E-state index contributed by atoms with van der Waals surface area (Å²) >= 11 is 0. The first-order valence-corrected chi connectivity index (χ1v) is 12.4. The molecule has 0 amide bonds. The molecule has 0 saturated heterocycles. The van der Waals surface area contributed by atoms with E-state index in [1.54, 1.807) is 18.3 Å². The second-order valence-electron chi connectivity index (χ2n) is 9.35. The van der Waals surface area contributed by atoms with Crippen molar-refractivity contribution in [1.29, 1.82) is 0 Å². The molecule has 0 aliphatic heterocycles. The zero-order valence-electron chi connectivity index (χ0n) is 18.8. The number of anilines is 1. The molecule has 1 aliphatic rings. The number of pyridine rings is 1. The lowest BCUT2D eigenvalue weighted by molar-refractivity contribution is -0.119. The fourth-order valence-corrected chi connectivity index (χ4v) is 3.98. The number of nitrogens with zero attached hydrogens (tertiary/aromatic N) is 4. The van der Waals surface area contributed by atoms with Gasteiger partial charge in [0, 0.05) is 43.2 Å². The number of carbonyl (C=O) groups excluding carboxylic acids is 1. The molecule has 0 radical (unpaired) electrons. The van der Waals surface area contributed by atoms with Gasteiger partial charge in [-0.2, -0.15) is 0 Å². The van der Waals surface area contributed by atoms with Gasteiger partial charge in [0.1, 0.15) is 17.3 Å². The maximum absolute atomic E-state index is 12.5. The first kappa shape index (κ1) is 23.1. The number of Topliss-reactive ketones (excluding diaryl/α,β-unsaturated/α-hetero) is 1. The monoisotopic (exact) mass is 446 g/mol. The molecule has 2 heterocycles. The van der Waals surface area contributed by atoms with Crippen LogP contribution in [0.15, 0.2) is 18.3 Å². The van der Waals surface area contributed by atoms with Crippen LogP contribution in [0.25, 0.3) is 11.5 Å². The summed E-state index contributed by atoms with van der Waals surface area (Å²) in [6, 6.07) is 3.23. The van der Waals surface area contributed by atoms with Gasteiger partial charge >= 0.3 is 0 Å². The molecule has 0 fully saturated rings. The van der Waals surface area contributed by atoms with Crippen molar-refractivity contribution in [1.82, 2.24) is 15.0 Å². The third-order valence-electron chi connectivity index (χ3n) is 4.81. The molecule has 9 heteroatoms. The van der Waals surface area contributed by atoms with Crippen LogP contribution in [0, 0.1) is 5.41 Å². The predicted molar refractivity (Wildman–Crippen MR) is 120 cm³/mol. The number of aromatic nitrogens is 3. The van der Waals surface area contributed by atoms with Crippen molar-refractivity contribution in [3.63, 3.8) is 0 Å². The highest BCUT2D eigenvalue weighted by molar-refractivity contribution is 7.90. The van der Waals surface area contributed by atoms with Gasteiger partial charge in [-0.05, 0) is 30.7 Å². The summed E-state index contributed by atoms with van der Waals surface area (Å²) in [4.78, 5) is 28.2. The summed E-state index contributed by atoms with van der Waals surface area (Å²) in [5, 5.41) is 0. The lowest BCUT2D eigenvalue weighted by Crippen LogP contribution is -2.30. The highest BCUT2D eigenvalue weighted by atomic mass is 32.2. The molecular formula is C22H30N4O4S. The molecule has 0 atom stereocenters. The first-order valence-electron chi connectivity index (χ1n) is 10.3. The largest absolute Gasteiger partial charge is 0.478 e. The van der Waals surface area contributed by atoms with Crippen LogP contribution in [0.3, 0.4) is 0 Å². The smallest absolute Gasteiger partial charge is 0.188 e. The zero-order valence-corrected chi connectivity index (χ0v) is 19.6. The van der Waals surface area contributed by atoms with Crippen molar-refractivity contribution < 1.29 is 17.9 Å². The Morgan fingerprint density at radius 3 is 2.65 bits per heavy atom. The lowest BCUT2D eigenvalue weighted by Gasteiger charge is -2.23. The third-order valence-corrected chi connectivity index (χ3v) is 5.36. The van der Waals surface area contributed by atoms with Gasteiger partial charge in [-0.15, -0.1) is 0 Å². The van der Waals surface area contributed by atoms with Crippen LogP contribution < -0.4 is 9.64 Å². The first-order chi connectivity index (χ1) is 14.4. The van der Waals surface area contributed by atoms with E-state index in [2.05, 4.69) is 25.8 Å². The number of likely N-dealkylation sites (N-methyl/N-ethyl adjacent to an activating group) is 1. The molecule has 0 bridgehead atoms. The molecular weight excluding hydrogens is 416 g/mol. The maximum Gasteiger partial charge on any atom is 0.188 e. The second-order valence-corrected chi connectivity index (χ2v) is 11.4. The summed E-state index contributed by atoms with van der Waals surface area (Å²) in [7, 11) is -1.38. The van der Waals surface area contributed by atoms with Crippen LogP contribution in [0.2, 0.25) is 0 Å². The van der Waals surface area contributed by atoms with Crippen LogP contribution in [-0.2, 0) is 27.5 Å². The van der Waals surface area contributed by atoms with Crippen LogP contribution in [0.4, 0.5) is 5.82 Å². The van der Waals surface area contributed by atoms with E-state index >= 15 is 0 Å². The number of ketones is 1. The molecule has 1 aliphatic carbocycles. The van der Waals surface area contributed by atoms with E-state index in [0.29, 0.717) is 23.7 Å². The minimum atomic E-state index is -3.26. The Morgan fingerprint density at radius 1 is 1.23 bits per heavy atom. The Bertz CT molecular complexity index is 1080. The molecule has 0 unspecified atom stereocenters. The van der Waals surface area contributed by atoms with E-state index in [0.717, 1.165) is 42.6 Å². The molecule has 2 aromatic rings. The molecule has 3 rings (SSSR count). The Labute approximate surface area is 184 Å². The number of hydrogen-bond donors (Lipinski definition) is 0. The quantitative estimate of drug-likeness (QED) is 0.610. The highest BCUT2D eigenvalue weighted by Crippen LogP contribution is 2.31. The predicted octanol–water partition coefficient (Wildman–Crippen LogP) is 2.85. The SMILES string of the molecule is CN(CC(=O)CC(C)(C)C)c1nc(-c2cc(OCS(C)(=O)=O)ccn2)nc2c1CCC2. The number of fused-ring (bicyclic) bond motifs is 1. The van der Waals surface area contributed by atoms with Crippen LogP contribution in [0.5, 0.6) is 5.75 Å². The van der Waals surface area contributed by atoms with Crippen molar-refractivity contribution in [2.75, 3.05) is 30.7 Å². The molecule has 8 nitrogen and oxygen atoms in total. The standard InChI is InChI=1S/C22H30N4O4S/c1-22(2,3)12-15(27)13-26(4)21-17-7-6-8-18(17)24-20(25-21)19-11-16(9-10-23-19)30-14-31(5,28)29/h9-11H,6-8,12-14H2,1-5H3. The number of sulfone groups is 1. The summed E-state index contributed by atoms with van der Waals surface area (Å²) in [5.41, 5.74) is 2.49. The van der Waals surface area contributed by atoms with Gasteiger partial charge < -0.3 is 9.64 Å². The van der Waals surface area contributed by atoms with E-state index in [1.807, 2.05) is 11.9 Å². The Balaban J connectivity index is 1.89. The molecule has 31 heavy (non-hydrogen) atoms. The van der Waals surface area contributed by atoms with E-state index in [-0.39, 0.29) is 17.7 Å². The van der Waals surface area contributed by atoms with Gasteiger partial charge in [0.15, 0.2) is 27.4 Å². The molecule has 0 spiro atoms. The van der Waals surface area contributed by atoms with Gasteiger partial charge in [0.2, 0.25) is 0 Å². The summed E-state index contributed by atoms with van der Waals surface area (Å²) in [5.74, 6) is 1.33. The normalized spacial score (nSPS) is 13.7. The Hall–Kier alpha value is -2.55. The Morgan fingerprint density at radius 2 is 1.97 bits per heavy atom. The number of rotatable bonds is 8. The minimum absolute atomic E-state index is 0.0625. The van der Waals surface area contributed by atoms with Gasteiger partial charge in [-0.1, -0.05) is 20.8 Å². The number of hydrogen-bond acceptors (Lipinski definition) is 8. The maximum atomic E-state index is 12.5. The van der Waals surface area contributed by atoms with Crippen LogP contribution >= 0.6 is 0 Å². The van der Waals surface area contributed by atoms with Gasteiger partial charge in [0.25, 0.3) is 0 Å². The lowest BCUT2D eigenvalue weighted by atomic mass is 9.90. The van der Waals surface area contributed by atoms with Crippen LogP contribution in [0.1, 0.15) is 44.9 Å². The van der Waals surface area contributed by atoms with E-state index in [4.69, 9.17) is 14.7 Å². The minimum Gasteiger partial charge on any atom is -0.478 e. The molecule has 0 aromatic carbocycles. The fraction of sp³-hybridized carbons (Fsp3) is 0.545. The van der Waals surface area contributed by atoms with Crippen LogP contribution in [-0.4, -0.2) is 54.9 Å². The summed E-state index contributed by atoms with van der Waals surface area (Å²) in [6.45, 7) is 6.44. The van der Waals surface area contributed by atoms with Crippen molar-refractivity contribution in [3.05, 3.63) is 29.6 Å². The third kappa shape index (κ3) is 6.46. The number of ether oxygens (including phenoxy) is 1. The average Bonchev–Trinajstić information content (AvgIpc) is 3.12. The molecule has 0 saturated carbocycles. The van der Waals surface area contributed by atoms with Gasteiger partial charge in [0.05, 0.1) is 6.54 Å². The van der Waals surface area contributed by atoms with E-state index in [9.17, 15) is 13.2 Å². The van der Waals surface area contributed by atoms with E-state index in [1.165, 1.54) is 0 Å². The topological polar surface area (TPSA) is 102 Å². The summed E-state index contributed by atoms with van der Waals surface area (Å²) in [6.07, 6.45) is 5.88. The van der Waals surface area contributed by atoms with E-state index < -0.39 is 15.8 Å².